The number of methoxy groups -OCH3 is 1. The zero-order chi connectivity index (χ0) is 23.4. The lowest BCUT2D eigenvalue weighted by Gasteiger charge is -2.27. The molecule has 0 spiro atoms. The molecule has 1 saturated heterocycles. The summed E-state index contributed by atoms with van der Waals surface area (Å²) < 4.78 is 13.1. The molecule has 0 atom stereocenters. The van der Waals surface area contributed by atoms with E-state index in [1.165, 1.54) is 22.2 Å². The number of hydrogen-bond acceptors (Lipinski definition) is 8. The van der Waals surface area contributed by atoms with E-state index < -0.39 is 0 Å². The van der Waals surface area contributed by atoms with Crippen molar-refractivity contribution in [3.05, 3.63) is 46.1 Å². The second kappa shape index (κ2) is 11.7. The van der Waals surface area contributed by atoms with E-state index in [1.54, 1.807) is 25.9 Å². The molecule has 0 aliphatic carbocycles. The van der Waals surface area contributed by atoms with Gasteiger partial charge in [0.2, 0.25) is 5.91 Å². The van der Waals surface area contributed by atoms with E-state index in [0.29, 0.717) is 22.9 Å². The van der Waals surface area contributed by atoms with Crippen LogP contribution in [0.2, 0.25) is 0 Å². The number of halogens is 1. The van der Waals surface area contributed by atoms with Crippen molar-refractivity contribution >= 4 is 45.0 Å². The van der Waals surface area contributed by atoms with Crippen LogP contribution in [-0.4, -0.2) is 71.8 Å². The van der Waals surface area contributed by atoms with Crippen LogP contribution in [0.25, 0.3) is 10.2 Å². The lowest BCUT2D eigenvalue weighted by molar-refractivity contribution is -0.119. The number of aryl methyl sites for hydroxylation is 1. The molecule has 0 unspecified atom stereocenters. The fourth-order valence-corrected chi connectivity index (χ4v) is 4.75. The highest BCUT2D eigenvalue weighted by atomic mass is 35.5. The number of carbonyl (C=O) groups excluding carboxylic acids is 1. The number of ether oxygens (including phenoxy) is 2. The Morgan fingerprint density at radius 2 is 2.03 bits per heavy atom. The Bertz CT molecular complexity index is 1190. The highest BCUT2D eigenvalue weighted by Crippen LogP contribution is 2.31. The molecule has 1 aliphatic heterocycles. The third kappa shape index (κ3) is 5.93. The number of rotatable bonds is 8. The minimum atomic E-state index is -0.196. The fraction of sp³-hybridized carbons (Fsp3) is 0.478. The minimum absolute atomic E-state index is 0. The van der Waals surface area contributed by atoms with Crippen LogP contribution in [0, 0.1) is 13.8 Å². The monoisotopic (exact) mass is 507 g/mol. The van der Waals surface area contributed by atoms with Crippen molar-refractivity contribution in [3.8, 4) is 5.75 Å². The quantitative estimate of drug-likeness (QED) is 0.463. The number of morpholine rings is 1. The summed E-state index contributed by atoms with van der Waals surface area (Å²) in [5.74, 6) is 0.535. The SMILES string of the molecule is COc1ccc2sc(N(CCCN3CCOCC3)C(=O)Cn3cnc(C)c(C)c3=O)nc2c1.Cl. The predicted octanol–water partition coefficient (Wildman–Crippen LogP) is 2.66. The second-order valence-electron chi connectivity index (χ2n) is 8.07. The summed E-state index contributed by atoms with van der Waals surface area (Å²) in [5.41, 5.74) is 1.81. The first-order valence-electron chi connectivity index (χ1n) is 11.0. The van der Waals surface area contributed by atoms with Crippen LogP contribution >= 0.6 is 23.7 Å². The molecule has 0 N–H and O–H groups in total. The second-order valence-corrected chi connectivity index (χ2v) is 9.08. The van der Waals surface area contributed by atoms with Gasteiger partial charge in [0.05, 0.1) is 36.9 Å². The Balaban J connectivity index is 0.00000324. The average molecular weight is 508 g/mol. The maximum absolute atomic E-state index is 13.4. The van der Waals surface area contributed by atoms with Gasteiger partial charge < -0.3 is 9.47 Å². The summed E-state index contributed by atoms with van der Waals surface area (Å²) in [7, 11) is 1.62. The Morgan fingerprint density at radius 1 is 1.26 bits per heavy atom. The van der Waals surface area contributed by atoms with E-state index in [2.05, 4.69) is 9.88 Å². The molecular formula is C23H30ClN5O4S. The van der Waals surface area contributed by atoms with E-state index in [4.69, 9.17) is 14.5 Å². The maximum Gasteiger partial charge on any atom is 0.256 e. The van der Waals surface area contributed by atoms with Gasteiger partial charge in [0.25, 0.3) is 5.56 Å². The maximum atomic E-state index is 13.4. The molecule has 4 rings (SSSR count). The molecule has 11 heteroatoms. The molecule has 0 saturated carbocycles. The molecule has 1 aromatic carbocycles. The molecule has 184 valence electrons. The molecule has 3 heterocycles. The van der Waals surface area contributed by atoms with Crippen LogP contribution in [0.5, 0.6) is 5.75 Å². The van der Waals surface area contributed by atoms with Crippen LogP contribution in [0.1, 0.15) is 17.7 Å². The summed E-state index contributed by atoms with van der Waals surface area (Å²) in [6.07, 6.45) is 2.24. The molecule has 0 bridgehead atoms. The zero-order valence-electron chi connectivity index (χ0n) is 19.7. The number of thiazole rings is 1. The minimum Gasteiger partial charge on any atom is -0.497 e. The number of aromatic nitrogens is 3. The van der Waals surface area contributed by atoms with Gasteiger partial charge in [0, 0.05) is 43.5 Å². The van der Waals surface area contributed by atoms with E-state index in [-0.39, 0.29) is 30.4 Å². The third-order valence-electron chi connectivity index (χ3n) is 5.90. The van der Waals surface area contributed by atoms with Crippen molar-refractivity contribution in [2.45, 2.75) is 26.8 Å². The van der Waals surface area contributed by atoms with Gasteiger partial charge in [-0.05, 0) is 32.4 Å². The summed E-state index contributed by atoms with van der Waals surface area (Å²) in [5, 5.41) is 0.620. The van der Waals surface area contributed by atoms with Crippen LogP contribution in [0.3, 0.4) is 0 Å². The van der Waals surface area contributed by atoms with Crippen molar-refractivity contribution in [1.82, 2.24) is 19.4 Å². The van der Waals surface area contributed by atoms with Crippen LogP contribution in [0.4, 0.5) is 5.13 Å². The molecule has 0 radical (unpaired) electrons. The normalized spacial score (nSPS) is 14.1. The Labute approximate surface area is 208 Å². The van der Waals surface area contributed by atoms with Crippen LogP contribution in [0.15, 0.2) is 29.3 Å². The van der Waals surface area contributed by atoms with Crippen LogP contribution < -0.4 is 15.2 Å². The molecule has 1 amide bonds. The van der Waals surface area contributed by atoms with Crippen molar-refractivity contribution in [2.75, 3.05) is 51.4 Å². The standard InChI is InChI=1S/C23H29N5O4S.ClH/c1-16-17(2)24-15-27(22(16)30)14-21(29)28(8-4-7-26-9-11-32-12-10-26)23-25-19-13-18(31-3)5-6-20(19)33-23;/h5-6,13,15H,4,7-12,14H2,1-3H3;1H. The first kappa shape index (κ1) is 26.1. The Morgan fingerprint density at radius 3 is 2.76 bits per heavy atom. The van der Waals surface area contributed by atoms with E-state index in [1.807, 2.05) is 18.2 Å². The number of nitrogens with zero attached hydrogens (tertiary/aromatic N) is 5. The number of fused-ring (bicyclic) bond motifs is 1. The molecule has 2 aromatic heterocycles. The number of anilines is 1. The summed E-state index contributed by atoms with van der Waals surface area (Å²) in [6, 6.07) is 5.70. The number of hydrogen-bond donors (Lipinski definition) is 0. The largest absolute Gasteiger partial charge is 0.497 e. The first-order chi connectivity index (χ1) is 16.0. The third-order valence-corrected chi connectivity index (χ3v) is 6.96. The van der Waals surface area contributed by atoms with Gasteiger partial charge in [-0.15, -0.1) is 12.4 Å². The Kier molecular flexibility index (Phi) is 9.01. The summed E-state index contributed by atoms with van der Waals surface area (Å²) in [6.45, 7) is 8.11. The average Bonchev–Trinajstić information content (AvgIpc) is 3.25. The van der Waals surface area contributed by atoms with Gasteiger partial charge in [0.1, 0.15) is 12.3 Å². The van der Waals surface area contributed by atoms with Crippen molar-refractivity contribution in [1.29, 1.82) is 0 Å². The smallest absolute Gasteiger partial charge is 0.256 e. The fourth-order valence-electron chi connectivity index (χ4n) is 3.76. The van der Waals surface area contributed by atoms with Gasteiger partial charge in [-0.3, -0.25) is 24.0 Å². The highest BCUT2D eigenvalue weighted by Gasteiger charge is 2.22. The molecule has 9 nitrogen and oxygen atoms in total. The zero-order valence-corrected chi connectivity index (χ0v) is 21.3. The van der Waals surface area contributed by atoms with Crippen molar-refractivity contribution in [2.24, 2.45) is 0 Å². The summed E-state index contributed by atoms with van der Waals surface area (Å²) in [4.78, 5) is 39.0. The highest BCUT2D eigenvalue weighted by molar-refractivity contribution is 7.22. The first-order valence-corrected chi connectivity index (χ1v) is 11.9. The van der Waals surface area contributed by atoms with Gasteiger partial charge in [-0.25, -0.2) is 9.97 Å². The Hall–Kier alpha value is -2.53. The number of carbonyl (C=O) groups is 1. The number of amides is 1. The van der Waals surface area contributed by atoms with E-state index in [9.17, 15) is 9.59 Å². The van der Waals surface area contributed by atoms with Crippen molar-refractivity contribution in [3.63, 3.8) is 0 Å². The van der Waals surface area contributed by atoms with Crippen molar-refractivity contribution < 1.29 is 14.3 Å². The molecular weight excluding hydrogens is 478 g/mol. The van der Waals surface area contributed by atoms with Gasteiger partial charge in [0.15, 0.2) is 5.13 Å². The number of benzene rings is 1. The lowest BCUT2D eigenvalue weighted by Crippen LogP contribution is -2.41. The van der Waals surface area contributed by atoms with E-state index >= 15 is 0 Å². The topological polar surface area (TPSA) is 89.8 Å². The predicted molar refractivity (Wildman–Crippen MR) is 136 cm³/mol. The molecule has 1 aliphatic rings. The molecule has 3 aromatic rings. The molecule has 34 heavy (non-hydrogen) atoms. The van der Waals surface area contributed by atoms with E-state index in [0.717, 1.165) is 55.2 Å². The summed E-state index contributed by atoms with van der Waals surface area (Å²) >= 11 is 1.46. The van der Waals surface area contributed by atoms with Gasteiger partial charge in [-0.2, -0.15) is 0 Å². The lowest BCUT2D eigenvalue weighted by atomic mass is 10.2. The van der Waals surface area contributed by atoms with Crippen LogP contribution in [-0.2, 0) is 16.1 Å². The van der Waals surface area contributed by atoms with Gasteiger partial charge >= 0.3 is 0 Å². The molecule has 1 fully saturated rings. The van der Waals surface area contributed by atoms with Gasteiger partial charge in [-0.1, -0.05) is 11.3 Å².